The lowest BCUT2D eigenvalue weighted by molar-refractivity contribution is 0.233. The van der Waals surface area contributed by atoms with Crippen molar-refractivity contribution in [1.82, 2.24) is 20.2 Å². The SMILES string of the molecule is Cc1nnc(Sc2ncnc(OC(C)C)c2N)s1. The number of ether oxygens (including phenoxy) is 1. The topological polar surface area (TPSA) is 86.8 Å². The van der Waals surface area contributed by atoms with Gasteiger partial charge in [-0.3, -0.25) is 0 Å². The fourth-order valence-corrected chi connectivity index (χ4v) is 2.89. The molecule has 2 aromatic heterocycles. The molecule has 0 aliphatic carbocycles. The van der Waals surface area contributed by atoms with Crippen molar-refractivity contribution in [1.29, 1.82) is 0 Å². The second-order valence-corrected chi connectivity index (χ2v) is 6.17. The van der Waals surface area contributed by atoms with Crippen LogP contribution in [0.5, 0.6) is 5.88 Å². The number of hydrogen-bond donors (Lipinski definition) is 1. The fourth-order valence-electron chi connectivity index (χ4n) is 1.17. The molecular formula is C10H13N5OS2. The second-order valence-electron chi connectivity index (χ2n) is 3.75. The average Bonchev–Trinajstić information content (AvgIpc) is 2.69. The molecule has 0 aromatic carbocycles. The van der Waals surface area contributed by atoms with E-state index in [1.54, 1.807) is 0 Å². The molecule has 2 rings (SSSR count). The first-order valence-electron chi connectivity index (χ1n) is 5.31. The van der Waals surface area contributed by atoms with Gasteiger partial charge in [0.2, 0.25) is 5.88 Å². The van der Waals surface area contributed by atoms with Crippen molar-refractivity contribution in [2.45, 2.75) is 36.2 Å². The zero-order valence-corrected chi connectivity index (χ0v) is 11.9. The molecule has 0 aliphatic rings. The van der Waals surface area contributed by atoms with Gasteiger partial charge in [-0.15, -0.1) is 10.2 Å². The normalized spacial score (nSPS) is 10.9. The van der Waals surface area contributed by atoms with Crippen LogP contribution in [0.25, 0.3) is 0 Å². The van der Waals surface area contributed by atoms with Gasteiger partial charge in [0.15, 0.2) is 4.34 Å². The Kier molecular flexibility index (Phi) is 3.97. The van der Waals surface area contributed by atoms with Gasteiger partial charge in [-0.25, -0.2) is 4.98 Å². The maximum atomic E-state index is 5.97. The lowest BCUT2D eigenvalue weighted by Crippen LogP contribution is -2.09. The predicted molar refractivity (Wildman–Crippen MR) is 71.0 cm³/mol. The van der Waals surface area contributed by atoms with Crippen LogP contribution in [0.4, 0.5) is 5.69 Å². The van der Waals surface area contributed by atoms with Gasteiger partial charge in [-0.1, -0.05) is 11.3 Å². The summed E-state index contributed by atoms with van der Waals surface area (Å²) in [6.07, 6.45) is 1.45. The molecule has 0 unspecified atom stereocenters. The molecule has 2 heterocycles. The number of rotatable bonds is 4. The Morgan fingerprint density at radius 2 is 2.11 bits per heavy atom. The van der Waals surface area contributed by atoms with Crippen molar-refractivity contribution in [2.75, 3.05) is 5.73 Å². The smallest absolute Gasteiger partial charge is 0.241 e. The standard InChI is InChI=1S/C10H13N5OS2/c1-5(2)16-8-7(11)9(13-4-12-8)18-10-15-14-6(3)17-10/h4-5H,11H2,1-3H3. The summed E-state index contributed by atoms with van der Waals surface area (Å²) in [5, 5.41) is 9.51. The summed E-state index contributed by atoms with van der Waals surface area (Å²) in [6.45, 7) is 5.74. The largest absolute Gasteiger partial charge is 0.473 e. The van der Waals surface area contributed by atoms with Gasteiger partial charge in [0.05, 0.1) is 6.10 Å². The van der Waals surface area contributed by atoms with Crippen LogP contribution in [0.1, 0.15) is 18.9 Å². The molecule has 0 atom stereocenters. The molecule has 0 saturated heterocycles. The van der Waals surface area contributed by atoms with Gasteiger partial charge in [0.25, 0.3) is 0 Å². The number of nitrogens with zero attached hydrogens (tertiary/aromatic N) is 4. The van der Waals surface area contributed by atoms with E-state index in [0.29, 0.717) is 16.6 Å². The minimum atomic E-state index is 0.0174. The Morgan fingerprint density at radius 3 is 2.72 bits per heavy atom. The van der Waals surface area contributed by atoms with E-state index in [1.165, 1.54) is 29.4 Å². The predicted octanol–water partition coefficient (Wildman–Crippen LogP) is 2.16. The molecule has 2 aromatic rings. The van der Waals surface area contributed by atoms with Gasteiger partial charge in [0.1, 0.15) is 22.0 Å². The quantitative estimate of drug-likeness (QED) is 0.860. The third kappa shape index (κ3) is 3.08. The molecule has 8 heteroatoms. The fraction of sp³-hybridized carbons (Fsp3) is 0.400. The van der Waals surface area contributed by atoms with Crippen LogP contribution in [0.3, 0.4) is 0 Å². The van der Waals surface area contributed by atoms with E-state index in [1.807, 2.05) is 20.8 Å². The molecule has 0 aliphatic heterocycles. The zero-order chi connectivity index (χ0) is 13.1. The van der Waals surface area contributed by atoms with Crippen LogP contribution in [-0.4, -0.2) is 26.3 Å². The highest BCUT2D eigenvalue weighted by Crippen LogP contribution is 2.35. The molecule has 0 fully saturated rings. The van der Waals surface area contributed by atoms with Crippen LogP contribution in [-0.2, 0) is 0 Å². The number of aromatic nitrogens is 4. The highest BCUT2D eigenvalue weighted by molar-refractivity contribution is 8.01. The number of nitrogens with two attached hydrogens (primary N) is 1. The number of anilines is 1. The van der Waals surface area contributed by atoms with Crippen molar-refractivity contribution in [3.63, 3.8) is 0 Å². The molecule has 0 amide bonds. The first kappa shape index (κ1) is 13.0. The van der Waals surface area contributed by atoms with Crippen LogP contribution in [0.2, 0.25) is 0 Å². The lowest BCUT2D eigenvalue weighted by atomic mass is 10.4. The molecule has 0 spiro atoms. The van der Waals surface area contributed by atoms with Crippen molar-refractivity contribution in [3.8, 4) is 5.88 Å². The summed E-state index contributed by atoms with van der Waals surface area (Å²) in [6, 6.07) is 0. The van der Waals surface area contributed by atoms with Crippen molar-refractivity contribution < 1.29 is 4.74 Å². The summed E-state index contributed by atoms with van der Waals surface area (Å²) in [4.78, 5) is 8.16. The van der Waals surface area contributed by atoms with Crippen LogP contribution < -0.4 is 10.5 Å². The van der Waals surface area contributed by atoms with Crippen LogP contribution in [0, 0.1) is 6.92 Å². The summed E-state index contributed by atoms with van der Waals surface area (Å²) in [5.74, 6) is 0.406. The third-order valence-corrected chi connectivity index (χ3v) is 3.76. The van der Waals surface area contributed by atoms with Gasteiger partial charge in [-0.05, 0) is 32.5 Å². The Morgan fingerprint density at radius 1 is 1.33 bits per heavy atom. The van der Waals surface area contributed by atoms with Crippen LogP contribution >= 0.6 is 23.1 Å². The summed E-state index contributed by atoms with van der Waals surface area (Å²) >= 11 is 2.86. The third-order valence-electron chi connectivity index (χ3n) is 1.85. The van der Waals surface area contributed by atoms with Crippen LogP contribution in [0.15, 0.2) is 15.7 Å². The molecular weight excluding hydrogens is 270 g/mol. The maximum absolute atomic E-state index is 5.97. The van der Waals surface area contributed by atoms with E-state index in [9.17, 15) is 0 Å². The average molecular weight is 283 g/mol. The molecule has 0 radical (unpaired) electrons. The van der Waals surface area contributed by atoms with Crippen molar-refractivity contribution in [2.24, 2.45) is 0 Å². The van der Waals surface area contributed by atoms with E-state index in [4.69, 9.17) is 10.5 Å². The highest BCUT2D eigenvalue weighted by Gasteiger charge is 2.13. The monoisotopic (exact) mass is 283 g/mol. The van der Waals surface area contributed by atoms with Gasteiger partial charge in [-0.2, -0.15) is 4.98 Å². The first-order valence-corrected chi connectivity index (χ1v) is 6.94. The van der Waals surface area contributed by atoms with E-state index in [-0.39, 0.29) is 6.10 Å². The van der Waals surface area contributed by atoms with Crippen molar-refractivity contribution in [3.05, 3.63) is 11.3 Å². The summed E-state index contributed by atoms with van der Waals surface area (Å²) in [5.41, 5.74) is 6.41. The minimum absolute atomic E-state index is 0.0174. The Balaban J connectivity index is 2.23. The Hall–Kier alpha value is -1.41. The number of nitrogen functional groups attached to an aromatic ring is 1. The molecule has 6 nitrogen and oxygen atoms in total. The number of aryl methyl sites for hydroxylation is 1. The minimum Gasteiger partial charge on any atom is -0.473 e. The molecule has 18 heavy (non-hydrogen) atoms. The lowest BCUT2D eigenvalue weighted by Gasteiger charge is -2.11. The molecule has 0 saturated carbocycles. The molecule has 0 bridgehead atoms. The Labute approximate surface area is 113 Å². The first-order chi connectivity index (χ1) is 8.56. The zero-order valence-electron chi connectivity index (χ0n) is 10.2. The molecule has 2 N–H and O–H groups in total. The highest BCUT2D eigenvalue weighted by atomic mass is 32.2. The van der Waals surface area contributed by atoms with Gasteiger partial charge in [0, 0.05) is 0 Å². The van der Waals surface area contributed by atoms with E-state index in [2.05, 4.69) is 20.2 Å². The molecule has 96 valence electrons. The summed E-state index contributed by atoms with van der Waals surface area (Å²) < 4.78 is 6.31. The van der Waals surface area contributed by atoms with E-state index >= 15 is 0 Å². The van der Waals surface area contributed by atoms with E-state index in [0.717, 1.165) is 9.35 Å². The van der Waals surface area contributed by atoms with E-state index < -0.39 is 0 Å². The van der Waals surface area contributed by atoms with Crippen molar-refractivity contribution >= 4 is 28.8 Å². The summed E-state index contributed by atoms with van der Waals surface area (Å²) in [7, 11) is 0. The second kappa shape index (κ2) is 5.49. The Bertz CT molecular complexity index is 543. The van der Waals surface area contributed by atoms with Gasteiger partial charge < -0.3 is 10.5 Å². The number of hydrogen-bond acceptors (Lipinski definition) is 8. The maximum Gasteiger partial charge on any atom is 0.241 e. The van der Waals surface area contributed by atoms with Gasteiger partial charge >= 0.3 is 0 Å².